The fraction of sp³-hybridized carbons (Fsp3) is 0.500. The van der Waals surface area contributed by atoms with Gasteiger partial charge >= 0.3 is 0 Å². The van der Waals surface area contributed by atoms with Gasteiger partial charge in [-0.3, -0.25) is 4.79 Å². The third-order valence-corrected chi connectivity index (χ3v) is 3.64. The predicted molar refractivity (Wildman–Crippen MR) is 76.0 cm³/mol. The highest BCUT2D eigenvalue weighted by molar-refractivity contribution is 8.00. The molecular formula is C14H21NO2S. The molecule has 1 N–H and O–H groups in total. The highest BCUT2D eigenvalue weighted by Crippen LogP contribution is 2.23. The highest BCUT2D eigenvalue weighted by atomic mass is 32.2. The van der Waals surface area contributed by atoms with Crippen LogP contribution in [0.2, 0.25) is 0 Å². The topological polar surface area (TPSA) is 38.3 Å². The minimum atomic E-state index is -0.0738. The molecule has 0 spiro atoms. The summed E-state index contributed by atoms with van der Waals surface area (Å²) in [5.41, 5.74) is 1.23. The summed E-state index contributed by atoms with van der Waals surface area (Å²) >= 11 is 1.58. The molecule has 0 aliphatic rings. The van der Waals surface area contributed by atoms with E-state index in [1.165, 1.54) is 5.56 Å². The number of hydrogen-bond acceptors (Lipinski definition) is 3. The van der Waals surface area contributed by atoms with Crippen molar-refractivity contribution in [1.29, 1.82) is 0 Å². The number of aryl methyl sites for hydroxylation is 1. The molecule has 1 aromatic rings. The second-order valence-corrected chi connectivity index (χ2v) is 5.62. The van der Waals surface area contributed by atoms with Gasteiger partial charge in [-0.2, -0.15) is 0 Å². The number of rotatable bonds is 7. The van der Waals surface area contributed by atoms with Crippen molar-refractivity contribution < 1.29 is 9.53 Å². The van der Waals surface area contributed by atoms with Gasteiger partial charge in [0.05, 0.1) is 5.25 Å². The number of nitrogens with one attached hydrogen (secondary N) is 1. The van der Waals surface area contributed by atoms with Crippen molar-refractivity contribution in [2.75, 3.05) is 20.3 Å². The molecule has 1 aromatic carbocycles. The first-order chi connectivity index (χ1) is 8.63. The summed E-state index contributed by atoms with van der Waals surface area (Å²) < 4.78 is 4.93. The van der Waals surface area contributed by atoms with Crippen molar-refractivity contribution >= 4 is 17.7 Å². The number of amides is 1. The van der Waals surface area contributed by atoms with Gasteiger partial charge in [-0.15, -0.1) is 11.8 Å². The Morgan fingerprint density at radius 2 is 2.06 bits per heavy atom. The van der Waals surface area contributed by atoms with Crippen molar-refractivity contribution in [2.24, 2.45) is 0 Å². The smallest absolute Gasteiger partial charge is 0.233 e. The fourth-order valence-electron chi connectivity index (χ4n) is 1.45. The Hall–Kier alpha value is -1.00. The van der Waals surface area contributed by atoms with Gasteiger partial charge in [-0.25, -0.2) is 0 Å². The van der Waals surface area contributed by atoms with E-state index in [0.29, 0.717) is 13.2 Å². The summed E-state index contributed by atoms with van der Waals surface area (Å²) in [4.78, 5) is 12.9. The van der Waals surface area contributed by atoms with E-state index in [0.717, 1.165) is 11.3 Å². The van der Waals surface area contributed by atoms with E-state index >= 15 is 0 Å². The molecule has 3 nitrogen and oxygen atoms in total. The standard InChI is InChI=1S/C14H21NO2S/c1-11-5-7-13(8-6-11)18-12(2)14(16)15-9-4-10-17-3/h5-8,12H,4,9-10H2,1-3H3,(H,15,16)/t12-/m0/s1. The Morgan fingerprint density at radius 3 is 2.67 bits per heavy atom. The Bertz CT molecular complexity index is 365. The van der Waals surface area contributed by atoms with Crippen molar-refractivity contribution in [2.45, 2.75) is 30.4 Å². The lowest BCUT2D eigenvalue weighted by atomic mass is 10.2. The molecule has 0 aliphatic carbocycles. The minimum absolute atomic E-state index is 0.0738. The van der Waals surface area contributed by atoms with Crippen molar-refractivity contribution in [3.63, 3.8) is 0 Å². The fourth-order valence-corrected chi connectivity index (χ4v) is 2.34. The summed E-state index contributed by atoms with van der Waals surface area (Å²) in [7, 11) is 1.66. The van der Waals surface area contributed by atoms with Gasteiger partial charge in [0.2, 0.25) is 5.91 Å². The molecular weight excluding hydrogens is 246 g/mol. The second-order valence-electron chi connectivity index (χ2n) is 4.21. The molecule has 0 unspecified atom stereocenters. The van der Waals surface area contributed by atoms with Crippen LogP contribution in [0.4, 0.5) is 0 Å². The van der Waals surface area contributed by atoms with Gasteiger partial charge in [0.1, 0.15) is 0 Å². The molecule has 100 valence electrons. The maximum atomic E-state index is 11.8. The summed E-state index contributed by atoms with van der Waals surface area (Å²) in [6.45, 7) is 5.34. The molecule has 0 radical (unpaired) electrons. The molecule has 18 heavy (non-hydrogen) atoms. The van der Waals surface area contributed by atoms with Gasteiger partial charge in [-0.1, -0.05) is 17.7 Å². The Balaban J connectivity index is 2.33. The Morgan fingerprint density at radius 1 is 1.39 bits per heavy atom. The molecule has 0 bridgehead atoms. The monoisotopic (exact) mass is 267 g/mol. The summed E-state index contributed by atoms with van der Waals surface area (Å²) in [6.07, 6.45) is 0.851. The van der Waals surface area contributed by atoms with E-state index in [1.807, 2.05) is 6.92 Å². The molecule has 0 saturated carbocycles. The van der Waals surface area contributed by atoms with Crippen LogP contribution in [0.15, 0.2) is 29.2 Å². The quantitative estimate of drug-likeness (QED) is 0.609. The number of hydrogen-bond donors (Lipinski definition) is 1. The maximum absolute atomic E-state index is 11.8. The van der Waals surface area contributed by atoms with E-state index in [2.05, 4.69) is 36.5 Å². The van der Waals surface area contributed by atoms with E-state index in [4.69, 9.17) is 4.74 Å². The lowest BCUT2D eigenvalue weighted by Crippen LogP contribution is -2.32. The van der Waals surface area contributed by atoms with Crippen LogP contribution >= 0.6 is 11.8 Å². The number of ether oxygens (including phenoxy) is 1. The van der Waals surface area contributed by atoms with Crippen LogP contribution in [0.25, 0.3) is 0 Å². The Labute approximate surface area is 113 Å². The molecule has 0 aromatic heterocycles. The minimum Gasteiger partial charge on any atom is -0.385 e. The van der Waals surface area contributed by atoms with E-state index in [9.17, 15) is 4.79 Å². The van der Waals surface area contributed by atoms with Crippen molar-refractivity contribution in [3.05, 3.63) is 29.8 Å². The van der Waals surface area contributed by atoms with Crippen LogP contribution in [-0.4, -0.2) is 31.4 Å². The van der Waals surface area contributed by atoms with Crippen LogP contribution in [0, 0.1) is 6.92 Å². The third-order valence-electron chi connectivity index (χ3n) is 2.53. The number of thioether (sulfide) groups is 1. The van der Waals surface area contributed by atoms with Gasteiger partial charge in [0.25, 0.3) is 0 Å². The number of carbonyl (C=O) groups excluding carboxylic acids is 1. The normalized spacial score (nSPS) is 12.2. The van der Waals surface area contributed by atoms with Crippen molar-refractivity contribution in [3.8, 4) is 0 Å². The van der Waals surface area contributed by atoms with Crippen LogP contribution in [-0.2, 0) is 9.53 Å². The van der Waals surface area contributed by atoms with Crippen LogP contribution < -0.4 is 5.32 Å². The predicted octanol–water partition coefficient (Wildman–Crippen LogP) is 2.63. The molecule has 0 saturated heterocycles. The third kappa shape index (κ3) is 5.56. The van der Waals surface area contributed by atoms with Gasteiger partial charge in [-0.05, 0) is 32.4 Å². The first kappa shape index (κ1) is 15.1. The Kier molecular flexibility index (Phi) is 6.83. The van der Waals surface area contributed by atoms with Gasteiger partial charge in [0, 0.05) is 25.2 Å². The molecule has 4 heteroatoms. The first-order valence-corrected chi connectivity index (χ1v) is 7.01. The summed E-state index contributed by atoms with van der Waals surface area (Å²) in [5, 5.41) is 2.84. The molecule has 1 atom stereocenters. The number of benzene rings is 1. The van der Waals surface area contributed by atoms with Crippen LogP contribution in [0.5, 0.6) is 0 Å². The van der Waals surface area contributed by atoms with E-state index < -0.39 is 0 Å². The molecule has 0 heterocycles. The first-order valence-electron chi connectivity index (χ1n) is 6.13. The average molecular weight is 267 g/mol. The summed E-state index contributed by atoms with van der Waals surface area (Å²) in [5.74, 6) is 0.0803. The summed E-state index contributed by atoms with van der Waals surface area (Å²) in [6, 6.07) is 8.22. The number of methoxy groups -OCH3 is 1. The highest BCUT2D eigenvalue weighted by Gasteiger charge is 2.13. The van der Waals surface area contributed by atoms with Gasteiger partial charge < -0.3 is 10.1 Å². The maximum Gasteiger partial charge on any atom is 0.233 e. The van der Waals surface area contributed by atoms with Crippen LogP contribution in [0.3, 0.4) is 0 Å². The molecule has 1 amide bonds. The average Bonchev–Trinajstić information content (AvgIpc) is 2.37. The zero-order valence-electron chi connectivity index (χ0n) is 11.2. The molecule has 0 fully saturated rings. The lowest BCUT2D eigenvalue weighted by Gasteiger charge is -2.12. The lowest BCUT2D eigenvalue weighted by molar-refractivity contribution is -0.120. The largest absolute Gasteiger partial charge is 0.385 e. The number of carbonyl (C=O) groups is 1. The van der Waals surface area contributed by atoms with E-state index in [-0.39, 0.29) is 11.2 Å². The van der Waals surface area contributed by atoms with Crippen molar-refractivity contribution in [1.82, 2.24) is 5.32 Å². The van der Waals surface area contributed by atoms with Gasteiger partial charge in [0.15, 0.2) is 0 Å². The van der Waals surface area contributed by atoms with Crippen LogP contribution in [0.1, 0.15) is 18.9 Å². The SMILES string of the molecule is COCCCNC(=O)[C@H](C)Sc1ccc(C)cc1. The second kappa shape index (κ2) is 8.16. The molecule has 1 rings (SSSR count). The zero-order chi connectivity index (χ0) is 13.4. The van der Waals surface area contributed by atoms with E-state index in [1.54, 1.807) is 18.9 Å². The molecule has 0 aliphatic heterocycles. The zero-order valence-corrected chi connectivity index (χ0v) is 12.0.